The van der Waals surface area contributed by atoms with E-state index in [0.717, 1.165) is 6.42 Å². The Kier molecular flexibility index (Phi) is 6.15. The average molecular weight is 408 g/mol. The van der Waals surface area contributed by atoms with Crippen LogP contribution in [0.5, 0.6) is 11.5 Å². The van der Waals surface area contributed by atoms with Gasteiger partial charge in [-0.2, -0.15) is 0 Å². The highest BCUT2D eigenvalue weighted by Crippen LogP contribution is 2.31. The standard InChI is InChI=1S/C19H21FN2O5S/c1-13-3-4-14(11-16(13)20)22-19(23)7-8-21-28(24,25)15-5-6-17-18(12-15)27-10-2-9-26-17/h3-6,11-12,21H,2,7-10H2,1H3,(H,22,23). The maximum atomic E-state index is 13.5. The topological polar surface area (TPSA) is 93.7 Å². The number of anilines is 1. The minimum atomic E-state index is -3.81. The van der Waals surface area contributed by atoms with Crippen LogP contribution in [-0.4, -0.2) is 34.1 Å². The van der Waals surface area contributed by atoms with Gasteiger partial charge in [-0.3, -0.25) is 4.79 Å². The number of halogens is 1. The summed E-state index contributed by atoms with van der Waals surface area (Å²) in [4.78, 5) is 12.0. The molecule has 0 spiro atoms. The van der Waals surface area contributed by atoms with E-state index in [4.69, 9.17) is 9.47 Å². The van der Waals surface area contributed by atoms with Gasteiger partial charge >= 0.3 is 0 Å². The SMILES string of the molecule is Cc1ccc(NC(=O)CCNS(=O)(=O)c2ccc3c(c2)OCCCO3)cc1F. The largest absolute Gasteiger partial charge is 0.490 e. The number of amides is 1. The molecule has 9 heteroatoms. The lowest BCUT2D eigenvalue weighted by atomic mass is 10.2. The molecular formula is C19H21FN2O5S. The number of fused-ring (bicyclic) bond motifs is 1. The minimum absolute atomic E-state index is 0.0257. The van der Waals surface area contributed by atoms with Crippen molar-refractivity contribution in [2.24, 2.45) is 0 Å². The van der Waals surface area contributed by atoms with Gasteiger partial charge in [0, 0.05) is 31.1 Å². The van der Waals surface area contributed by atoms with E-state index >= 15 is 0 Å². The van der Waals surface area contributed by atoms with Crippen molar-refractivity contribution in [1.82, 2.24) is 4.72 Å². The Balaban J connectivity index is 1.56. The molecule has 3 rings (SSSR count). The summed E-state index contributed by atoms with van der Waals surface area (Å²) in [5.41, 5.74) is 0.791. The van der Waals surface area contributed by atoms with E-state index < -0.39 is 21.7 Å². The molecule has 0 radical (unpaired) electrons. The molecule has 0 bridgehead atoms. The van der Waals surface area contributed by atoms with Crippen molar-refractivity contribution in [2.75, 3.05) is 25.1 Å². The zero-order valence-electron chi connectivity index (χ0n) is 15.3. The number of ether oxygens (including phenoxy) is 2. The number of nitrogens with one attached hydrogen (secondary N) is 2. The molecule has 0 saturated carbocycles. The van der Waals surface area contributed by atoms with Crippen molar-refractivity contribution in [3.8, 4) is 11.5 Å². The Morgan fingerprint density at radius 3 is 2.61 bits per heavy atom. The van der Waals surface area contributed by atoms with Crippen LogP contribution in [0.1, 0.15) is 18.4 Å². The number of benzene rings is 2. The van der Waals surface area contributed by atoms with Gasteiger partial charge in [-0.25, -0.2) is 17.5 Å². The molecule has 1 heterocycles. The highest BCUT2D eigenvalue weighted by atomic mass is 32.2. The first-order chi connectivity index (χ1) is 13.3. The number of aryl methyl sites for hydroxylation is 1. The second kappa shape index (κ2) is 8.57. The molecule has 0 saturated heterocycles. The average Bonchev–Trinajstić information content (AvgIpc) is 2.89. The van der Waals surface area contributed by atoms with Crippen LogP contribution in [0.2, 0.25) is 0 Å². The van der Waals surface area contributed by atoms with Crippen molar-refractivity contribution in [1.29, 1.82) is 0 Å². The Bertz CT molecular complexity index is 978. The molecule has 1 aliphatic rings. The Labute approximate surface area is 162 Å². The van der Waals surface area contributed by atoms with E-state index in [0.29, 0.717) is 36.0 Å². The predicted molar refractivity (Wildman–Crippen MR) is 102 cm³/mol. The lowest BCUT2D eigenvalue weighted by molar-refractivity contribution is -0.116. The summed E-state index contributed by atoms with van der Waals surface area (Å²) >= 11 is 0. The van der Waals surface area contributed by atoms with E-state index in [2.05, 4.69) is 10.0 Å². The van der Waals surface area contributed by atoms with Crippen molar-refractivity contribution < 1.29 is 27.1 Å². The lowest BCUT2D eigenvalue weighted by Crippen LogP contribution is -2.28. The summed E-state index contributed by atoms with van der Waals surface area (Å²) in [6.07, 6.45) is 0.619. The maximum absolute atomic E-state index is 13.5. The first-order valence-electron chi connectivity index (χ1n) is 8.80. The smallest absolute Gasteiger partial charge is 0.240 e. The van der Waals surface area contributed by atoms with Crippen LogP contribution in [0.4, 0.5) is 10.1 Å². The predicted octanol–water partition coefficient (Wildman–Crippen LogP) is 2.60. The molecule has 7 nitrogen and oxygen atoms in total. The van der Waals surface area contributed by atoms with Crippen LogP contribution in [-0.2, 0) is 14.8 Å². The third kappa shape index (κ3) is 4.99. The van der Waals surface area contributed by atoms with Gasteiger partial charge in [-0.05, 0) is 36.8 Å². The molecule has 0 aromatic heterocycles. The number of carbonyl (C=O) groups is 1. The van der Waals surface area contributed by atoms with Crippen molar-refractivity contribution in [3.05, 3.63) is 47.8 Å². The molecule has 28 heavy (non-hydrogen) atoms. The van der Waals surface area contributed by atoms with Crippen molar-refractivity contribution in [2.45, 2.75) is 24.7 Å². The van der Waals surface area contributed by atoms with Crippen LogP contribution in [0.15, 0.2) is 41.3 Å². The van der Waals surface area contributed by atoms with Crippen LogP contribution < -0.4 is 19.5 Å². The number of hydrogen-bond acceptors (Lipinski definition) is 5. The Morgan fingerprint density at radius 1 is 1.11 bits per heavy atom. The van der Waals surface area contributed by atoms with Gasteiger partial charge < -0.3 is 14.8 Å². The molecule has 2 aromatic rings. The zero-order chi connectivity index (χ0) is 20.1. The van der Waals surface area contributed by atoms with Gasteiger partial charge in [0.05, 0.1) is 18.1 Å². The highest BCUT2D eigenvalue weighted by Gasteiger charge is 2.19. The Hall–Kier alpha value is -2.65. The Morgan fingerprint density at radius 2 is 1.86 bits per heavy atom. The summed E-state index contributed by atoms with van der Waals surface area (Å²) in [6.45, 7) is 2.48. The molecule has 150 valence electrons. The first-order valence-corrected chi connectivity index (χ1v) is 10.3. The number of rotatable bonds is 6. The molecule has 1 aliphatic heterocycles. The van der Waals surface area contributed by atoms with Gasteiger partial charge in [0.25, 0.3) is 0 Å². The van der Waals surface area contributed by atoms with Gasteiger partial charge in [-0.1, -0.05) is 6.07 Å². The zero-order valence-corrected chi connectivity index (χ0v) is 16.1. The minimum Gasteiger partial charge on any atom is -0.490 e. The summed E-state index contributed by atoms with van der Waals surface area (Å²) < 4.78 is 51.7. The van der Waals surface area contributed by atoms with Crippen molar-refractivity contribution >= 4 is 21.6 Å². The van der Waals surface area contributed by atoms with E-state index in [1.807, 2.05) is 0 Å². The van der Waals surface area contributed by atoms with Gasteiger partial charge in [-0.15, -0.1) is 0 Å². The molecule has 0 atom stereocenters. The fourth-order valence-electron chi connectivity index (χ4n) is 2.59. The van der Waals surface area contributed by atoms with Gasteiger partial charge in [0.2, 0.25) is 15.9 Å². The summed E-state index contributed by atoms with van der Waals surface area (Å²) in [5.74, 6) is 0.0261. The molecular weight excluding hydrogens is 387 g/mol. The van der Waals surface area contributed by atoms with E-state index in [1.54, 1.807) is 25.1 Å². The van der Waals surface area contributed by atoms with Gasteiger partial charge in [0.15, 0.2) is 11.5 Å². The van der Waals surface area contributed by atoms with E-state index in [9.17, 15) is 17.6 Å². The molecule has 1 amide bonds. The second-order valence-corrected chi connectivity index (χ2v) is 8.09. The van der Waals surface area contributed by atoms with E-state index in [-0.39, 0.29) is 17.9 Å². The van der Waals surface area contributed by atoms with E-state index in [1.165, 1.54) is 18.2 Å². The second-order valence-electron chi connectivity index (χ2n) is 6.32. The van der Waals surface area contributed by atoms with Crippen LogP contribution >= 0.6 is 0 Å². The molecule has 0 fully saturated rings. The summed E-state index contributed by atoms with van der Waals surface area (Å²) in [7, 11) is -3.81. The quantitative estimate of drug-likeness (QED) is 0.766. The number of carbonyl (C=O) groups excluding carboxylic acids is 1. The lowest BCUT2D eigenvalue weighted by Gasteiger charge is -2.11. The monoisotopic (exact) mass is 408 g/mol. The summed E-state index contributed by atoms with van der Waals surface area (Å²) in [6, 6.07) is 8.72. The fraction of sp³-hybridized carbons (Fsp3) is 0.316. The van der Waals surface area contributed by atoms with Gasteiger partial charge in [0.1, 0.15) is 5.82 Å². The highest BCUT2D eigenvalue weighted by molar-refractivity contribution is 7.89. The first kappa shape index (κ1) is 20.1. The third-order valence-corrected chi connectivity index (χ3v) is 5.59. The fourth-order valence-corrected chi connectivity index (χ4v) is 3.63. The van der Waals surface area contributed by atoms with Crippen LogP contribution in [0.3, 0.4) is 0 Å². The van der Waals surface area contributed by atoms with Crippen LogP contribution in [0, 0.1) is 12.7 Å². The molecule has 2 aromatic carbocycles. The van der Waals surface area contributed by atoms with Crippen LogP contribution in [0.25, 0.3) is 0 Å². The van der Waals surface area contributed by atoms with Crippen molar-refractivity contribution in [3.63, 3.8) is 0 Å². The molecule has 0 unspecified atom stereocenters. The maximum Gasteiger partial charge on any atom is 0.240 e. The number of sulfonamides is 1. The third-order valence-electron chi connectivity index (χ3n) is 4.13. The molecule has 0 aliphatic carbocycles. The normalized spacial score (nSPS) is 13.6. The summed E-state index contributed by atoms with van der Waals surface area (Å²) in [5, 5.41) is 2.53. The molecule has 2 N–H and O–H groups in total. The number of hydrogen-bond donors (Lipinski definition) is 2.